The summed E-state index contributed by atoms with van der Waals surface area (Å²) in [5.41, 5.74) is 3.18. The van der Waals surface area contributed by atoms with E-state index in [1.807, 2.05) is 67.6 Å². The Labute approximate surface area is 155 Å². The molecule has 1 atom stereocenters. The summed E-state index contributed by atoms with van der Waals surface area (Å²) in [5.74, 6) is 0.773. The minimum atomic E-state index is -1.35. The second-order valence-corrected chi connectivity index (χ2v) is 7.74. The molecule has 1 aromatic heterocycles. The Morgan fingerprint density at radius 1 is 0.962 bits per heavy atom. The lowest BCUT2D eigenvalue weighted by Crippen LogP contribution is -2.36. The van der Waals surface area contributed by atoms with Gasteiger partial charge >= 0.3 is 0 Å². The Morgan fingerprint density at radius 3 is 2.35 bits per heavy atom. The lowest BCUT2D eigenvalue weighted by molar-refractivity contribution is 0.120. The molecule has 2 aromatic carbocycles. The van der Waals surface area contributed by atoms with Gasteiger partial charge in [0.05, 0.1) is 13.2 Å². The molecular formula is C21H21NO3S. The number of hydrogen-bond donors (Lipinski definition) is 0. The van der Waals surface area contributed by atoms with Crippen LogP contribution in [0.5, 0.6) is 0 Å². The topological polar surface area (TPSA) is 42.7 Å². The van der Waals surface area contributed by atoms with Gasteiger partial charge in [-0.1, -0.05) is 48.0 Å². The van der Waals surface area contributed by atoms with E-state index in [-0.39, 0.29) is 0 Å². The summed E-state index contributed by atoms with van der Waals surface area (Å²) in [6.45, 7) is 4.90. The van der Waals surface area contributed by atoms with Gasteiger partial charge in [-0.15, -0.1) is 0 Å². The maximum Gasteiger partial charge on any atom is 0.205 e. The summed E-state index contributed by atoms with van der Waals surface area (Å²) >= 11 is 0. The average molecular weight is 367 g/mol. The van der Waals surface area contributed by atoms with E-state index in [0.29, 0.717) is 18.3 Å². The van der Waals surface area contributed by atoms with Crippen molar-refractivity contribution in [3.8, 4) is 11.1 Å². The summed E-state index contributed by atoms with van der Waals surface area (Å²) in [6, 6.07) is 19.7. The van der Waals surface area contributed by atoms with E-state index in [0.717, 1.165) is 40.6 Å². The van der Waals surface area contributed by atoms with Gasteiger partial charge in [-0.2, -0.15) is 0 Å². The fourth-order valence-electron chi connectivity index (χ4n) is 3.05. The monoisotopic (exact) mass is 367 g/mol. The first kappa shape index (κ1) is 17.1. The van der Waals surface area contributed by atoms with Gasteiger partial charge in [-0.05, 0) is 24.6 Å². The molecule has 0 aliphatic carbocycles. The average Bonchev–Trinajstić information content (AvgIpc) is 3.15. The van der Waals surface area contributed by atoms with Gasteiger partial charge < -0.3 is 14.1 Å². The summed E-state index contributed by atoms with van der Waals surface area (Å²) < 4.78 is 24.6. The molecule has 4 nitrogen and oxygen atoms in total. The van der Waals surface area contributed by atoms with Crippen LogP contribution in [-0.2, 0) is 15.5 Å². The second-order valence-electron chi connectivity index (χ2n) is 6.33. The van der Waals surface area contributed by atoms with Crippen LogP contribution in [0.1, 0.15) is 5.56 Å². The number of furan rings is 1. The number of ether oxygens (including phenoxy) is 1. The molecular weight excluding hydrogens is 346 g/mol. The van der Waals surface area contributed by atoms with Crippen molar-refractivity contribution < 1.29 is 13.4 Å². The molecule has 0 amide bonds. The fourth-order valence-corrected chi connectivity index (χ4v) is 4.05. The van der Waals surface area contributed by atoms with E-state index in [4.69, 9.17) is 9.15 Å². The molecule has 1 aliphatic heterocycles. The van der Waals surface area contributed by atoms with E-state index in [2.05, 4.69) is 4.90 Å². The first-order valence-electron chi connectivity index (χ1n) is 8.73. The Kier molecular flexibility index (Phi) is 4.91. The first-order valence-corrected chi connectivity index (χ1v) is 9.88. The minimum Gasteiger partial charge on any atom is -0.431 e. The van der Waals surface area contributed by atoms with Crippen molar-refractivity contribution in [2.24, 2.45) is 0 Å². The molecule has 134 valence electrons. The second kappa shape index (κ2) is 7.48. The van der Waals surface area contributed by atoms with Gasteiger partial charge in [0.2, 0.25) is 5.88 Å². The van der Waals surface area contributed by atoms with Crippen LogP contribution >= 0.6 is 0 Å². The Balaban J connectivity index is 1.75. The van der Waals surface area contributed by atoms with Gasteiger partial charge in [-0.25, -0.2) is 4.21 Å². The lowest BCUT2D eigenvalue weighted by atomic mass is 10.1. The van der Waals surface area contributed by atoms with E-state index in [1.54, 1.807) is 0 Å². The number of anilines is 1. The van der Waals surface area contributed by atoms with Crippen molar-refractivity contribution in [1.82, 2.24) is 0 Å². The molecule has 0 unspecified atom stereocenters. The van der Waals surface area contributed by atoms with E-state index >= 15 is 0 Å². The quantitative estimate of drug-likeness (QED) is 0.691. The molecule has 2 heterocycles. The molecule has 26 heavy (non-hydrogen) atoms. The van der Waals surface area contributed by atoms with Crippen LogP contribution in [0, 0.1) is 6.92 Å². The zero-order chi connectivity index (χ0) is 17.9. The standard InChI is InChI=1S/C21H21NO3S/c1-16-7-9-18(10-8-16)26(23)20-15-19(17-5-3-2-4-6-17)21(25-20)22-11-13-24-14-12-22/h2-10,15H,11-14H2,1H3/t26-/m1/s1. The number of nitrogens with zero attached hydrogens (tertiary/aromatic N) is 1. The number of benzene rings is 2. The van der Waals surface area contributed by atoms with Crippen LogP contribution in [0.25, 0.3) is 11.1 Å². The van der Waals surface area contributed by atoms with Crippen LogP contribution < -0.4 is 4.90 Å². The van der Waals surface area contributed by atoms with Gasteiger partial charge in [0, 0.05) is 29.6 Å². The maximum atomic E-state index is 13.0. The zero-order valence-electron chi connectivity index (χ0n) is 14.7. The summed E-state index contributed by atoms with van der Waals surface area (Å²) in [6.07, 6.45) is 0. The largest absolute Gasteiger partial charge is 0.431 e. The van der Waals surface area contributed by atoms with Crippen molar-refractivity contribution in [2.75, 3.05) is 31.2 Å². The highest BCUT2D eigenvalue weighted by Gasteiger charge is 2.23. The van der Waals surface area contributed by atoms with Crippen LogP contribution in [0.3, 0.4) is 0 Å². The Morgan fingerprint density at radius 2 is 1.65 bits per heavy atom. The summed E-state index contributed by atoms with van der Waals surface area (Å²) in [5, 5.41) is 0.481. The molecule has 0 N–H and O–H groups in total. The van der Waals surface area contributed by atoms with Crippen molar-refractivity contribution in [3.63, 3.8) is 0 Å². The molecule has 1 aliphatic rings. The zero-order valence-corrected chi connectivity index (χ0v) is 15.5. The lowest BCUT2D eigenvalue weighted by Gasteiger charge is -2.27. The van der Waals surface area contributed by atoms with Gasteiger partial charge in [0.1, 0.15) is 10.8 Å². The smallest absolute Gasteiger partial charge is 0.205 e. The number of aryl methyl sites for hydroxylation is 1. The molecule has 3 aromatic rings. The van der Waals surface area contributed by atoms with Crippen LogP contribution in [0.15, 0.2) is 75.1 Å². The summed E-state index contributed by atoms with van der Waals surface area (Å²) in [7, 11) is -1.35. The van der Waals surface area contributed by atoms with Crippen molar-refractivity contribution >= 4 is 16.7 Å². The van der Waals surface area contributed by atoms with Crippen LogP contribution in [-0.4, -0.2) is 30.5 Å². The van der Waals surface area contributed by atoms with Gasteiger partial charge in [0.15, 0.2) is 5.09 Å². The highest BCUT2D eigenvalue weighted by Crippen LogP contribution is 2.37. The van der Waals surface area contributed by atoms with E-state index in [1.165, 1.54) is 0 Å². The minimum absolute atomic E-state index is 0.481. The predicted molar refractivity (Wildman–Crippen MR) is 103 cm³/mol. The molecule has 4 rings (SSSR count). The highest BCUT2D eigenvalue weighted by molar-refractivity contribution is 7.85. The molecule has 0 saturated carbocycles. The molecule has 0 radical (unpaired) electrons. The number of rotatable bonds is 4. The SMILES string of the molecule is Cc1ccc([S@@](=O)c2cc(-c3ccccc3)c(N3CCOCC3)o2)cc1. The van der Waals surface area contributed by atoms with Gasteiger partial charge in [-0.3, -0.25) is 0 Å². The predicted octanol–water partition coefficient (Wildman–Crippen LogP) is 4.26. The number of hydrogen-bond acceptors (Lipinski definition) is 4. The third-order valence-electron chi connectivity index (χ3n) is 4.49. The molecule has 5 heteroatoms. The van der Waals surface area contributed by atoms with Crippen molar-refractivity contribution in [3.05, 3.63) is 66.2 Å². The van der Waals surface area contributed by atoms with E-state index in [9.17, 15) is 4.21 Å². The summed E-state index contributed by atoms with van der Waals surface area (Å²) in [4.78, 5) is 2.92. The normalized spacial score (nSPS) is 15.8. The fraction of sp³-hybridized carbons (Fsp3) is 0.238. The van der Waals surface area contributed by atoms with Crippen molar-refractivity contribution in [1.29, 1.82) is 0 Å². The molecule has 0 bridgehead atoms. The highest BCUT2D eigenvalue weighted by atomic mass is 32.2. The maximum absolute atomic E-state index is 13.0. The van der Waals surface area contributed by atoms with Crippen LogP contribution in [0.2, 0.25) is 0 Å². The van der Waals surface area contributed by atoms with Gasteiger partial charge in [0.25, 0.3) is 0 Å². The Bertz CT molecular complexity index is 897. The first-order chi connectivity index (χ1) is 12.7. The van der Waals surface area contributed by atoms with Crippen molar-refractivity contribution in [2.45, 2.75) is 16.9 Å². The molecule has 0 spiro atoms. The van der Waals surface area contributed by atoms with E-state index < -0.39 is 10.8 Å². The Hall–Kier alpha value is -2.37. The number of morpholine rings is 1. The third kappa shape index (κ3) is 3.45. The molecule has 1 fully saturated rings. The van der Waals surface area contributed by atoms with Crippen LogP contribution in [0.4, 0.5) is 5.88 Å². The third-order valence-corrected chi connectivity index (χ3v) is 5.76. The molecule has 1 saturated heterocycles.